The average Bonchev–Trinajstić information content (AvgIpc) is 2.97. The zero-order valence-electron chi connectivity index (χ0n) is 18.1. The first kappa shape index (κ1) is 19.4. The number of carbonyl (C=O) groups excluding carboxylic acids is 1. The molecule has 3 heteroatoms. The van der Waals surface area contributed by atoms with Crippen LogP contribution in [0.3, 0.4) is 0 Å². The van der Waals surface area contributed by atoms with Crippen molar-refractivity contribution in [1.82, 2.24) is 4.90 Å². The predicted octanol–water partition coefficient (Wildman–Crippen LogP) is 4.46. The van der Waals surface area contributed by atoms with Crippen LogP contribution < -0.4 is 0 Å². The van der Waals surface area contributed by atoms with Crippen molar-refractivity contribution in [3.05, 3.63) is 48.0 Å². The molecule has 1 heterocycles. The van der Waals surface area contributed by atoms with E-state index in [9.17, 15) is 9.90 Å². The van der Waals surface area contributed by atoms with Crippen molar-refractivity contribution in [2.75, 3.05) is 7.05 Å². The number of rotatable bonds is 2. The first-order valence-electron chi connectivity index (χ1n) is 11.5. The molecule has 3 nitrogen and oxygen atoms in total. The van der Waals surface area contributed by atoms with E-state index in [1.54, 1.807) is 0 Å². The van der Waals surface area contributed by atoms with Gasteiger partial charge in [0.05, 0.1) is 6.10 Å². The Labute approximate surface area is 175 Å². The first-order chi connectivity index (χ1) is 13.8. The quantitative estimate of drug-likeness (QED) is 0.806. The Kier molecular flexibility index (Phi) is 4.47. The minimum absolute atomic E-state index is 0.0455. The van der Waals surface area contributed by atoms with Crippen molar-refractivity contribution in [2.45, 2.75) is 64.5 Å². The molecule has 8 atom stereocenters. The van der Waals surface area contributed by atoms with Gasteiger partial charge in [-0.15, -0.1) is 0 Å². The standard InChI is InChI=1S/C26H35NO2/c1-25-14-12-23(28)27(3)22(25)10-9-19-20(25)11-13-26(2)21(19)16-18(24(26)29)15-17-7-5-4-6-8-17/h4-8,12,14,18-22,24,29H,9-11,13,15-16H2,1-3H3/t18-,19-,20+,21+,22-,24+,25-,26+/m1/s1. The largest absolute Gasteiger partial charge is 0.392 e. The Bertz CT molecular complexity index is 819. The molecular formula is C26H35NO2. The Morgan fingerprint density at radius 3 is 2.62 bits per heavy atom. The van der Waals surface area contributed by atoms with Crippen LogP contribution in [0.4, 0.5) is 0 Å². The Balaban J connectivity index is 1.42. The second-order valence-corrected chi connectivity index (χ2v) is 10.8. The van der Waals surface area contributed by atoms with Gasteiger partial charge in [0.25, 0.3) is 0 Å². The third-order valence-electron chi connectivity index (χ3n) is 9.58. The summed E-state index contributed by atoms with van der Waals surface area (Å²) in [6.45, 7) is 4.76. The van der Waals surface area contributed by atoms with Crippen LogP contribution in [0, 0.1) is 34.5 Å². The number of fused-ring (bicyclic) bond motifs is 5. The average molecular weight is 394 g/mol. The highest BCUT2D eigenvalue weighted by Gasteiger charge is 2.62. The van der Waals surface area contributed by atoms with Crippen LogP contribution in [-0.2, 0) is 11.2 Å². The van der Waals surface area contributed by atoms with Crippen molar-refractivity contribution in [3.8, 4) is 0 Å². The van der Waals surface area contributed by atoms with Gasteiger partial charge in [-0.2, -0.15) is 0 Å². The lowest BCUT2D eigenvalue weighted by molar-refractivity contribution is -0.140. The maximum absolute atomic E-state index is 12.3. The summed E-state index contributed by atoms with van der Waals surface area (Å²) in [5.74, 6) is 2.40. The summed E-state index contributed by atoms with van der Waals surface area (Å²) < 4.78 is 0. The fraction of sp³-hybridized carbons (Fsp3) is 0.654. The van der Waals surface area contributed by atoms with E-state index in [-0.39, 0.29) is 22.8 Å². The predicted molar refractivity (Wildman–Crippen MR) is 115 cm³/mol. The van der Waals surface area contributed by atoms with Crippen molar-refractivity contribution in [3.63, 3.8) is 0 Å². The summed E-state index contributed by atoms with van der Waals surface area (Å²) >= 11 is 0. The van der Waals surface area contributed by atoms with Crippen LogP contribution in [0.15, 0.2) is 42.5 Å². The third-order valence-corrected chi connectivity index (χ3v) is 9.58. The molecule has 1 aromatic rings. The zero-order chi connectivity index (χ0) is 20.4. The van der Waals surface area contributed by atoms with E-state index in [4.69, 9.17) is 0 Å². The highest BCUT2D eigenvalue weighted by molar-refractivity contribution is 5.89. The fourth-order valence-electron chi connectivity index (χ4n) is 8.00. The molecule has 1 aromatic carbocycles. The molecule has 0 unspecified atom stereocenters. The monoisotopic (exact) mass is 393 g/mol. The van der Waals surface area contributed by atoms with Gasteiger partial charge in [-0.3, -0.25) is 4.79 Å². The summed E-state index contributed by atoms with van der Waals surface area (Å²) in [7, 11) is 1.98. The van der Waals surface area contributed by atoms with Gasteiger partial charge >= 0.3 is 0 Å². The maximum Gasteiger partial charge on any atom is 0.246 e. The van der Waals surface area contributed by atoms with Gasteiger partial charge in [-0.1, -0.05) is 50.3 Å². The number of carbonyl (C=O) groups is 1. The van der Waals surface area contributed by atoms with E-state index in [0.29, 0.717) is 29.7 Å². The van der Waals surface area contributed by atoms with E-state index < -0.39 is 0 Å². The molecule has 0 spiro atoms. The van der Waals surface area contributed by atoms with E-state index >= 15 is 0 Å². The minimum Gasteiger partial charge on any atom is -0.392 e. The SMILES string of the molecule is CN1C(=O)C=C[C@]2(C)[C@H]3CC[C@]4(C)[C@@H](O)[C@H](Cc5ccccc5)C[C@H]4[C@@H]3CC[C@@H]12. The van der Waals surface area contributed by atoms with Crippen molar-refractivity contribution < 1.29 is 9.90 Å². The minimum atomic E-state index is -0.203. The molecule has 0 radical (unpaired) electrons. The van der Waals surface area contributed by atoms with Crippen LogP contribution in [0.5, 0.6) is 0 Å². The van der Waals surface area contributed by atoms with E-state index in [1.165, 1.54) is 18.4 Å². The van der Waals surface area contributed by atoms with Crippen LogP contribution in [0.25, 0.3) is 0 Å². The molecule has 1 aliphatic heterocycles. The number of hydrogen-bond donors (Lipinski definition) is 1. The molecule has 0 saturated heterocycles. The molecule has 3 aliphatic carbocycles. The highest BCUT2D eigenvalue weighted by Crippen LogP contribution is 2.65. The van der Waals surface area contributed by atoms with Crippen molar-refractivity contribution in [2.24, 2.45) is 34.5 Å². The van der Waals surface area contributed by atoms with Crippen LogP contribution >= 0.6 is 0 Å². The molecule has 0 aromatic heterocycles. The molecule has 1 amide bonds. The maximum atomic E-state index is 12.3. The number of likely N-dealkylation sites (N-methyl/N-ethyl adjacent to an activating group) is 1. The lowest BCUT2D eigenvalue weighted by Crippen LogP contribution is -2.59. The summed E-state index contributed by atoms with van der Waals surface area (Å²) in [6.07, 6.45) is 10.6. The Morgan fingerprint density at radius 2 is 1.86 bits per heavy atom. The lowest BCUT2D eigenvalue weighted by atomic mass is 9.48. The number of benzene rings is 1. The normalized spacial score (nSPS) is 46.2. The molecule has 4 aliphatic rings. The topological polar surface area (TPSA) is 40.5 Å². The van der Waals surface area contributed by atoms with Gasteiger partial charge in [0, 0.05) is 18.5 Å². The number of amides is 1. The molecule has 5 rings (SSSR count). The van der Waals surface area contributed by atoms with E-state index in [1.807, 2.05) is 18.0 Å². The summed E-state index contributed by atoms with van der Waals surface area (Å²) in [5, 5.41) is 11.4. The molecule has 29 heavy (non-hydrogen) atoms. The third kappa shape index (κ3) is 2.76. The number of aliphatic hydroxyl groups excluding tert-OH is 1. The molecule has 0 bridgehead atoms. The summed E-state index contributed by atoms with van der Waals surface area (Å²) in [4.78, 5) is 14.2. The first-order valence-corrected chi connectivity index (χ1v) is 11.5. The molecule has 156 valence electrons. The van der Waals surface area contributed by atoms with Crippen molar-refractivity contribution >= 4 is 5.91 Å². The highest BCUT2D eigenvalue weighted by atomic mass is 16.3. The van der Waals surface area contributed by atoms with Crippen LogP contribution in [0.1, 0.15) is 51.5 Å². The number of hydrogen-bond acceptors (Lipinski definition) is 2. The molecule has 3 saturated carbocycles. The van der Waals surface area contributed by atoms with Gasteiger partial charge < -0.3 is 10.0 Å². The lowest BCUT2D eigenvalue weighted by Gasteiger charge is -2.60. The van der Waals surface area contributed by atoms with Gasteiger partial charge in [-0.05, 0) is 79.3 Å². The van der Waals surface area contributed by atoms with E-state index in [2.05, 4.69) is 50.3 Å². The smallest absolute Gasteiger partial charge is 0.246 e. The van der Waals surface area contributed by atoms with Crippen molar-refractivity contribution in [1.29, 1.82) is 0 Å². The number of aliphatic hydroxyl groups is 1. The Morgan fingerprint density at radius 1 is 1.10 bits per heavy atom. The van der Waals surface area contributed by atoms with Crippen LogP contribution in [0.2, 0.25) is 0 Å². The molecular weight excluding hydrogens is 358 g/mol. The summed E-state index contributed by atoms with van der Waals surface area (Å²) in [6, 6.07) is 11.0. The molecule has 1 N–H and O–H groups in total. The Hall–Kier alpha value is -1.61. The van der Waals surface area contributed by atoms with Crippen LogP contribution in [-0.4, -0.2) is 35.1 Å². The van der Waals surface area contributed by atoms with Gasteiger partial charge in [0.15, 0.2) is 0 Å². The fourth-order valence-corrected chi connectivity index (χ4v) is 8.00. The second-order valence-electron chi connectivity index (χ2n) is 10.8. The van der Waals surface area contributed by atoms with E-state index in [0.717, 1.165) is 25.7 Å². The van der Waals surface area contributed by atoms with Gasteiger partial charge in [-0.25, -0.2) is 0 Å². The summed E-state index contributed by atoms with van der Waals surface area (Å²) in [5.41, 5.74) is 1.47. The van der Waals surface area contributed by atoms with Gasteiger partial charge in [0.1, 0.15) is 0 Å². The molecule has 3 fully saturated rings. The second kappa shape index (κ2) is 6.70. The number of nitrogens with zero attached hydrogens (tertiary/aromatic N) is 1. The zero-order valence-corrected chi connectivity index (χ0v) is 18.1. The van der Waals surface area contributed by atoms with Gasteiger partial charge in [0.2, 0.25) is 5.91 Å².